The normalized spacial score (nSPS) is 10.4. The highest BCUT2D eigenvalue weighted by Crippen LogP contribution is 2.36. The summed E-state index contributed by atoms with van der Waals surface area (Å²) in [5.41, 5.74) is 1.35. The second-order valence-electron chi connectivity index (χ2n) is 5.37. The molecule has 0 fully saturated rings. The molecule has 0 saturated carbocycles. The highest BCUT2D eigenvalue weighted by atomic mass is 79.9. The maximum absolute atomic E-state index is 11.8. The van der Waals surface area contributed by atoms with Crippen LogP contribution in [0.1, 0.15) is 6.92 Å². The van der Waals surface area contributed by atoms with Crippen molar-refractivity contribution in [3.8, 4) is 0 Å². The van der Waals surface area contributed by atoms with Crippen LogP contribution in [-0.2, 0) is 0 Å². The fraction of sp³-hybridized carbons (Fsp3) is 0.111. The van der Waals surface area contributed by atoms with Gasteiger partial charge in [-0.2, -0.15) is 0 Å². The maximum Gasteiger partial charge on any atom is 0.354 e. The summed E-state index contributed by atoms with van der Waals surface area (Å²) in [6.45, 7) is 2.44. The van der Waals surface area contributed by atoms with E-state index in [2.05, 4.69) is 31.2 Å². The van der Waals surface area contributed by atoms with Gasteiger partial charge in [0.2, 0.25) is 11.6 Å². The van der Waals surface area contributed by atoms with Crippen molar-refractivity contribution in [3.05, 3.63) is 75.5 Å². The number of nitrogens with zero attached hydrogens (tertiary/aromatic N) is 4. The fourth-order valence-electron chi connectivity index (χ4n) is 2.59. The van der Waals surface area contributed by atoms with E-state index in [9.17, 15) is 10.1 Å². The molecule has 0 amide bonds. The second-order valence-corrected chi connectivity index (χ2v) is 6.28. The van der Waals surface area contributed by atoms with Gasteiger partial charge in [0.15, 0.2) is 0 Å². The lowest BCUT2D eigenvalue weighted by Gasteiger charge is -2.22. The summed E-state index contributed by atoms with van der Waals surface area (Å²) in [6, 6.07) is 16.8. The zero-order valence-electron chi connectivity index (χ0n) is 14.0. The van der Waals surface area contributed by atoms with Crippen LogP contribution in [-0.4, -0.2) is 21.4 Å². The Morgan fingerprint density at radius 1 is 1.15 bits per heavy atom. The number of anilines is 4. The van der Waals surface area contributed by atoms with Crippen LogP contribution in [0.3, 0.4) is 0 Å². The zero-order valence-corrected chi connectivity index (χ0v) is 15.5. The molecule has 0 spiro atoms. The molecule has 132 valence electrons. The fourth-order valence-corrected chi connectivity index (χ4v) is 2.99. The Balaban J connectivity index is 2.07. The predicted octanol–water partition coefficient (Wildman–Crippen LogP) is 5.05. The van der Waals surface area contributed by atoms with Crippen LogP contribution >= 0.6 is 15.9 Å². The van der Waals surface area contributed by atoms with Crippen LogP contribution in [0.15, 0.2) is 65.4 Å². The van der Waals surface area contributed by atoms with E-state index < -0.39 is 4.92 Å². The van der Waals surface area contributed by atoms with Crippen LogP contribution in [0.4, 0.5) is 28.7 Å². The number of hydrogen-bond acceptors (Lipinski definition) is 6. The third-order valence-corrected chi connectivity index (χ3v) is 4.21. The Morgan fingerprint density at radius 3 is 2.58 bits per heavy atom. The van der Waals surface area contributed by atoms with Crippen molar-refractivity contribution in [2.24, 2.45) is 0 Å². The summed E-state index contributed by atoms with van der Waals surface area (Å²) in [6.07, 6.45) is 1.33. The van der Waals surface area contributed by atoms with Crippen LogP contribution < -0.4 is 10.2 Å². The minimum Gasteiger partial charge on any atom is -0.334 e. The van der Waals surface area contributed by atoms with Crippen molar-refractivity contribution in [1.29, 1.82) is 0 Å². The van der Waals surface area contributed by atoms with Crippen LogP contribution in [0, 0.1) is 10.1 Å². The van der Waals surface area contributed by atoms with E-state index in [1.807, 2.05) is 61.5 Å². The van der Waals surface area contributed by atoms with E-state index in [1.165, 1.54) is 6.33 Å². The summed E-state index contributed by atoms with van der Waals surface area (Å²) in [7, 11) is 0. The van der Waals surface area contributed by atoms with Gasteiger partial charge >= 0.3 is 5.69 Å². The standard InChI is InChI=1S/C18H16BrN5O2/c1-2-23(15-9-4-3-5-10-15)18-16(24(25)26)17(20-12-21-18)22-14-8-6-7-13(19)11-14/h3-12H,2H2,1H3,(H,20,21,22). The Morgan fingerprint density at radius 2 is 1.92 bits per heavy atom. The van der Waals surface area contributed by atoms with Gasteiger partial charge in [-0.3, -0.25) is 10.1 Å². The third kappa shape index (κ3) is 3.80. The quantitative estimate of drug-likeness (QED) is 0.449. The van der Waals surface area contributed by atoms with Gasteiger partial charge in [-0.05, 0) is 37.3 Å². The monoisotopic (exact) mass is 413 g/mol. The van der Waals surface area contributed by atoms with E-state index in [-0.39, 0.29) is 17.3 Å². The van der Waals surface area contributed by atoms with Gasteiger partial charge in [-0.1, -0.05) is 40.2 Å². The van der Waals surface area contributed by atoms with Crippen LogP contribution in [0.2, 0.25) is 0 Å². The summed E-state index contributed by atoms with van der Waals surface area (Å²) >= 11 is 3.39. The number of hydrogen-bond donors (Lipinski definition) is 1. The average Bonchev–Trinajstić information content (AvgIpc) is 2.63. The molecule has 0 aliphatic rings. The number of halogens is 1. The molecular formula is C18H16BrN5O2. The number of rotatable bonds is 6. The second kappa shape index (κ2) is 7.92. The average molecular weight is 414 g/mol. The molecule has 3 aromatic rings. The molecule has 2 aromatic carbocycles. The molecule has 0 radical (unpaired) electrons. The van der Waals surface area contributed by atoms with E-state index in [4.69, 9.17) is 0 Å². The van der Waals surface area contributed by atoms with Crippen molar-refractivity contribution in [3.63, 3.8) is 0 Å². The first-order chi connectivity index (χ1) is 12.6. The lowest BCUT2D eigenvalue weighted by Crippen LogP contribution is -2.19. The SMILES string of the molecule is CCN(c1ccccc1)c1ncnc(Nc2cccc(Br)c2)c1[N+](=O)[O-]. The van der Waals surface area contributed by atoms with Gasteiger partial charge in [0.05, 0.1) is 4.92 Å². The number of aromatic nitrogens is 2. The molecule has 0 bridgehead atoms. The van der Waals surface area contributed by atoms with Gasteiger partial charge in [0, 0.05) is 22.4 Å². The Hall–Kier alpha value is -3.00. The molecule has 1 aromatic heterocycles. The highest BCUT2D eigenvalue weighted by molar-refractivity contribution is 9.10. The van der Waals surface area contributed by atoms with Crippen molar-refractivity contribution in [2.75, 3.05) is 16.8 Å². The lowest BCUT2D eigenvalue weighted by molar-refractivity contribution is -0.383. The number of nitrogens with one attached hydrogen (secondary N) is 1. The molecule has 0 unspecified atom stereocenters. The minimum atomic E-state index is -0.457. The Labute approximate surface area is 159 Å². The van der Waals surface area contributed by atoms with Crippen molar-refractivity contribution in [1.82, 2.24) is 9.97 Å². The molecule has 1 heterocycles. The molecule has 8 heteroatoms. The smallest absolute Gasteiger partial charge is 0.334 e. The van der Waals surface area contributed by atoms with Gasteiger partial charge < -0.3 is 10.2 Å². The Kier molecular flexibility index (Phi) is 5.43. The number of nitro groups is 1. The molecule has 0 saturated heterocycles. The highest BCUT2D eigenvalue weighted by Gasteiger charge is 2.27. The van der Waals surface area contributed by atoms with E-state index in [0.29, 0.717) is 12.2 Å². The van der Waals surface area contributed by atoms with Crippen LogP contribution in [0.25, 0.3) is 0 Å². The van der Waals surface area contributed by atoms with E-state index in [1.54, 1.807) is 4.90 Å². The number of benzene rings is 2. The number of para-hydroxylation sites is 1. The third-order valence-electron chi connectivity index (χ3n) is 3.71. The summed E-state index contributed by atoms with van der Waals surface area (Å²) in [5.74, 6) is 0.392. The largest absolute Gasteiger partial charge is 0.354 e. The van der Waals surface area contributed by atoms with Gasteiger partial charge in [0.25, 0.3) is 0 Å². The molecule has 0 atom stereocenters. The van der Waals surface area contributed by atoms with Crippen molar-refractivity contribution in [2.45, 2.75) is 6.92 Å². The molecule has 26 heavy (non-hydrogen) atoms. The molecule has 7 nitrogen and oxygen atoms in total. The lowest BCUT2D eigenvalue weighted by atomic mass is 10.2. The van der Waals surface area contributed by atoms with Crippen molar-refractivity contribution < 1.29 is 4.92 Å². The zero-order chi connectivity index (χ0) is 18.5. The van der Waals surface area contributed by atoms with E-state index >= 15 is 0 Å². The molecule has 0 aliphatic carbocycles. The van der Waals surface area contributed by atoms with Crippen molar-refractivity contribution >= 4 is 44.6 Å². The molecular weight excluding hydrogens is 398 g/mol. The first kappa shape index (κ1) is 17.8. The van der Waals surface area contributed by atoms with Gasteiger partial charge in [0.1, 0.15) is 6.33 Å². The maximum atomic E-state index is 11.8. The molecule has 1 N–H and O–H groups in total. The van der Waals surface area contributed by atoms with Gasteiger partial charge in [-0.25, -0.2) is 9.97 Å². The predicted molar refractivity (Wildman–Crippen MR) is 105 cm³/mol. The first-order valence-electron chi connectivity index (χ1n) is 7.94. The minimum absolute atomic E-state index is 0.146. The van der Waals surface area contributed by atoms with Gasteiger partial charge in [-0.15, -0.1) is 0 Å². The van der Waals surface area contributed by atoms with E-state index in [0.717, 1.165) is 10.2 Å². The first-order valence-corrected chi connectivity index (χ1v) is 8.74. The molecule has 0 aliphatic heterocycles. The summed E-state index contributed by atoms with van der Waals surface area (Å²) < 4.78 is 0.860. The Bertz CT molecular complexity index is 920. The van der Waals surface area contributed by atoms with Crippen LogP contribution in [0.5, 0.6) is 0 Å². The summed E-state index contributed by atoms with van der Waals surface area (Å²) in [5, 5.41) is 14.8. The molecule has 3 rings (SSSR count). The topological polar surface area (TPSA) is 84.2 Å². The summed E-state index contributed by atoms with van der Waals surface area (Å²) in [4.78, 5) is 21.4.